The van der Waals surface area contributed by atoms with E-state index in [0.717, 1.165) is 5.75 Å². The number of anilines is 1. The average Bonchev–Trinajstić information content (AvgIpc) is 2.54. The molecule has 0 radical (unpaired) electrons. The number of amides is 1. The summed E-state index contributed by atoms with van der Waals surface area (Å²) >= 11 is 1.56. The third-order valence-corrected chi connectivity index (χ3v) is 4.66. The molecule has 0 bridgehead atoms. The van der Waals surface area contributed by atoms with Crippen molar-refractivity contribution in [1.29, 1.82) is 0 Å². The maximum Gasteiger partial charge on any atom is 0.269 e. The molecule has 0 spiro atoms. The second-order valence-electron chi connectivity index (χ2n) is 5.17. The van der Waals surface area contributed by atoms with E-state index in [-0.39, 0.29) is 16.8 Å². The molecule has 0 aliphatic rings. The molecule has 0 heterocycles. The number of nitrogens with zero attached hydrogens (tertiary/aromatic N) is 1. The lowest BCUT2D eigenvalue weighted by molar-refractivity contribution is -0.384. The largest absolute Gasteiger partial charge is 0.325 e. The number of rotatable bonds is 6. The number of aryl methyl sites for hydroxylation is 1. The summed E-state index contributed by atoms with van der Waals surface area (Å²) in [6.45, 7) is 3.90. The monoisotopic (exact) mass is 330 g/mol. The van der Waals surface area contributed by atoms with E-state index in [0.29, 0.717) is 5.69 Å². The first-order chi connectivity index (χ1) is 11.0. The summed E-state index contributed by atoms with van der Waals surface area (Å²) in [6, 6.07) is 13.9. The van der Waals surface area contributed by atoms with Gasteiger partial charge in [-0.05, 0) is 37.1 Å². The Morgan fingerprint density at radius 1 is 1.22 bits per heavy atom. The second-order valence-corrected chi connectivity index (χ2v) is 6.50. The van der Waals surface area contributed by atoms with Crippen LogP contribution in [0.25, 0.3) is 0 Å². The standard InChI is InChI=1S/C17H18N2O3S/c1-12-5-3-4-6-14(12)11-23-13(2)17(20)18-15-7-9-16(10-8-15)19(21)22/h3-10,13H,11H2,1-2H3,(H,18,20). The van der Waals surface area contributed by atoms with Crippen LogP contribution in [0.15, 0.2) is 48.5 Å². The number of benzene rings is 2. The van der Waals surface area contributed by atoms with Crippen molar-refractivity contribution in [2.45, 2.75) is 24.9 Å². The van der Waals surface area contributed by atoms with Crippen LogP contribution in [0.4, 0.5) is 11.4 Å². The van der Waals surface area contributed by atoms with Crippen molar-refractivity contribution in [3.8, 4) is 0 Å². The fourth-order valence-electron chi connectivity index (χ4n) is 1.97. The van der Waals surface area contributed by atoms with E-state index < -0.39 is 4.92 Å². The number of nitrogens with one attached hydrogen (secondary N) is 1. The molecular weight excluding hydrogens is 312 g/mol. The van der Waals surface area contributed by atoms with Gasteiger partial charge >= 0.3 is 0 Å². The maximum absolute atomic E-state index is 12.2. The number of hydrogen-bond acceptors (Lipinski definition) is 4. The summed E-state index contributed by atoms with van der Waals surface area (Å²) in [6.07, 6.45) is 0. The Hall–Kier alpha value is -2.34. The van der Waals surface area contributed by atoms with E-state index >= 15 is 0 Å². The third kappa shape index (κ3) is 4.82. The van der Waals surface area contributed by atoms with Gasteiger partial charge in [0.25, 0.3) is 5.69 Å². The van der Waals surface area contributed by atoms with E-state index in [9.17, 15) is 14.9 Å². The van der Waals surface area contributed by atoms with E-state index in [4.69, 9.17) is 0 Å². The van der Waals surface area contributed by atoms with Gasteiger partial charge in [-0.1, -0.05) is 24.3 Å². The van der Waals surface area contributed by atoms with Gasteiger partial charge in [0.1, 0.15) is 0 Å². The number of carbonyl (C=O) groups excluding carboxylic acids is 1. The number of non-ortho nitro benzene ring substituents is 1. The number of carbonyl (C=O) groups is 1. The van der Waals surface area contributed by atoms with Crippen LogP contribution in [0.2, 0.25) is 0 Å². The van der Waals surface area contributed by atoms with Crippen molar-refractivity contribution < 1.29 is 9.72 Å². The highest BCUT2D eigenvalue weighted by molar-refractivity contribution is 7.99. The van der Waals surface area contributed by atoms with E-state index in [1.165, 1.54) is 35.4 Å². The Bertz CT molecular complexity index is 701. The zero-order valence-electron chi connectivity index (χ0n) is 13.0. The summed E-state index contributed by atoms with van der Waals surface area (Å²) in [7, 11) is 0. The Labute approximate surface area is 139 Å². The zero-order chi connectivity index (χ0) is 16.8. The number of thioether (sulfide) groups is 1. The van der Waals surface area contributed by atoms with Crippen LogP contribution in [0.1, 0.15) is 18.1 Å². The first-order valence-corrected chi connectivity index (χ1v) is 8.23. The van der Waals surface area contributed by atoms with Gasteiger partial charge in [0.2, 0.25) is 5.91 Å². The van der Waals surface area contributed by atoms with Crippen LogP contribution >= 0.6 is 11.8 Å². The molecule has 0 saturated heterocycles. The Kier molecular flexibility index (Phi) is 5.76. The topological polar surface area (TPSA) is 72.2 Å². The van der Waals surface area contributed by atoms with Crippen molar-refractivity contribution in [1.82, 2.24) is 0 Å². The quantitative estimate of drug-likeness (QED) is 0.637. The summed E-state index contributed by atoms with van der Waals surface area (Å²) in [4.78, 5) is 22.3. The molecule has 2 rings (SSSR count). The van der Waals surface area contributed by atoms with Gasteiger partial charge in [-0.2, -0.15) is 0 Å². The highest BCUT2D eigenvalue weighted by Crippen LogP contribution is 2.22. The SMILES string of the molecule is Cc1ccccc1CSC(C)C(=O)Nc1ccc([N+](=O)[O-])cc1. The molecule has 2 aromatic rings. The smallest absolute Gasteiger partial charge is 0.269 e. The highest BCUT2D eigenvalue weighted by atomic mass is 32.2. The minimum Gasteiger partial charge on any atom is -0.325 e. The predicted molar refractivity (Wildman–Crippen MR) is 93.7 cm³/mol. The molecule has 1 amide bonds. The molecule has 0 aromatic heterocycles. The number of hydrogen-bond donors (Lipinski definition) is 1. The van der Waals surface area contributed by atoms with Crippen molar-refractivity contribution >= 4 is 29.0 Å². The van der Waals surface area contributed by atoms with Crippen molar-refractivity contribution in [2.24, 2.45) is 0 Å². The molecule has 1 N–H and O–H groups in total. The van der Waals surface area contributed by atoms with Gasteiger partial charge in [0, 0.05) is 23.6 Å². The number of nitro groups is 1. The molecule has 1 atom stereocenters. The van der Waals surface area contributed by atoms with E-state index in [1.807, 2.05) is 19.1 Å². The second kappa shape index (κ2) is 7.78. The fraction of sp³-hybridized carbons (Fsp3) is 0.235. The minimum absolute atomic E-state index is 0.00461. The normalized spacial score (nSPS) is 11.7. The van der Waals surface area contributed by atoms with Gasteiger partial charge in [-0.15, -0.1) is 11.8 Å². The summed E-state index contributed by atoms with van der Waals surface area (Å²) in [5, 5.41) is 13.2. The predicted octanol–water partition coefficient (Wildman–Crippen LogP) is 4.16. The average molecular weight is 330 g/mol. The Morgan fingerprint density at radius 2 is 1.87 bits per heavy atom. The van der Waals surface area contributed by atoms with Gasteiger partial charge in [0.15, 0.2) is 0 Å². The molecule has 0 aliphatic heterocycles. The van der Waals surface area contributed by atoms with Gasteiger partial charge in [-0.3, -0.25) is 14.9 Å². The molecule has 5 nitrogen and oxygen atoms in total. The van der Waals surface area contributed by atoms with E-state index in [1.54, 1.807) is 11.8 Å². The van der Waals surface area contributed by atoms with Crippen LogP contribution in [0.3, 0.4) is 0 Å². The van der Waals surface area contributed by atoms with Gasteiger partial charge < -0.3 is 5.32 Å². The minimum atomic E-state index is -0.466. The van der Waals surface area contributed by atoms with Crippen LogP contribution in [0, 0.1) is 17.0 Å². The summed E-state index contributed by atoms with van der Waals surface area (Å²) in [5.74, 6) is 0.652. The highest BCUT2D eigenvalue weighted by Gasteiger charge is 2.14. The third-order valence-electron chi connectivity index (χ3n) is 3.46. The molecule has 120 valence electrons. The molecule has 6 heteroatoms. The molecule has 0 saturated carbocycles. The maximum atomic E-state index is 12.2. The molecule has 1 unspecified atom stereocenters. The molecule has 0 fully saturated rings. The van der Waals surface area contributed by atoms with Gasteiger partial charge in [0.05, 0.1) is 10.2 Å². The first-order valence-electron chi connectivity index (χ1n) is 7.19. The summed E-state index contributed by atoms with van der Waals surface area (Å²) in [5.41, 5.74) is 2.99. The Balaban J connectivity index is 1.89. The molecule has 23 heavy (non-hydrogen) atoms. The van der Waals surface area contributed by atoms with Crippen LogP contribution < -0.4 is 5.32 Å². The molecule has 0 aliphatic carbocycles. The molecule has 2 aromatic carbocycles. The fourth-order valence-corrected chi connectivity index (χ4v) is 2.94. The zero-order valence-corrected chi connectivity index (χ0v) is 13.8. The Morgan fingerprint density at radius 3 is 2.48 bits per heavy atom. The van der Waals surface area contributed by atoms with Crippen LogP contribution in [-0.2, 0) is 10.5 Å². The van der Waals surface area contributed by atoms with Crippen molar-refractivity contribution in [3.05, 3.63) is 69.8 Å². The lowest BCUT2D eigenvalue weighted by atomic mass is 10.1. The van der Waals surface area contributed by atoms with Crippen LogP contribution in [0.5, 0.6) is 0 Å². The number of nitro benzene ring substituents is 1. The van der Waals surface area contributed by atoms with Crippen LogP contribution in [-0.4, -0.2) is 16.1 Å². The first kappa shape index (κ1) is 17.0. The van der Waals surface area contributed by atoms with Crippen molar-refractivity contribution in [2.75, 3.05) is 5.32 Å². The van der Waals surface area contributed by atoms with Gasteiger partial charge in [-0.25, -0.2) is 0 Å². The van der Waals surface area contributed by atoms with Crippen molar-refractivity contribution in [3.63, 3.8) is 0 Å². The lowest BCUT2D eigenvalue weighted by Gasteiger charge is -2.13. The summed E-state index contributed by atoms with van der Waals surface area (Å²) < 4.78 is 0. The van der Waals surface area contributed by atoms with E-state index in [2.05, 4.69) is 24.4 Å². The lowest BCUT2D eigenvalue weighted by Crippen LogP contribution is -2.22. The molecular formula is C17H18N2O3S.